The van der Waals surface area contributed by atoms with Gasteiger partial charge in [-0.25, -0.2) is 4.39 Å². The number of halogens is 1. The molecule has 0 radical (unpaired) electrons. The number of carbonyl (C=O) groups excluding carboxylic acids is 3. The Kier molecular flexibility index (Phi) is 5.14. The predicted octanol–water partition coefficient (Wildman–Crippen LogP) is 3.86. The van der Waals surface area contributed by atoms with Crippen molar-refractivity contribution >= 4 is 17.7 Å². The summed E-state index contributed by atoms with van der Waals surface area (Å²) in [6.07, 6.45) is 0. The van der Waals surface area contributed by atoms with Crippen LogP contribution in [-0.4, -0.2) is 22.6 Å². The van der Waals surface area contributed by atoms with Crippen molar-refractivity contribution in [2.75, 3.05) is 0 Å². The summed E-state index contributed by atoms with van der Waals surface area (Å²) in [6, 6.07) is 18.2. The van der Waals surface area contributed by atoms with E-state index in [0.29, 0.717) is 22.3 Å². The first kappa shape index (κ1) is 19.5. The molecule has 0 saturated carbocycles. The average Bonchev–Trinajstić information content (AvgIpc) is 3.00. The van der Waals surface area contributed by atoms with Gasteiger partial charge in [-0.05, 0) is 53.9 Å². The van der Waals surface area contributed by atoms with Crippen LogP contribution in [0.15, 0.2) is 66.7 Å². The predicted molar refractivity (Wildman–Crippen MR) is 109 cm³/mol. The van der Waals surface area contributed by atoms with Crippen LogP contribution in [0.2, 0.25) is 0 Å². The Morgan fingerprint density at radius 1 is 0.900 bits per heavy atom. The number of hydrogen-bond acceptors (Lipinski definition) is 3. The molecular formula is C24H19FN2O3. The fourth-order valence-corrected chi connectivity index (χ4v) is 3.43. The minimum Gasteiger partial charge on any atom is -0.348 e. The number of carbonyl (C=O) groups is 3. The summed E-state index contributed by atoms with van der Waals surface area (Å²) in [5.41, 5.74) is 3.36. The first-order valence-corrected chi connectivity index (χ1v) is 9.51. The van der Waals surface area contributed by atoms with E-state index in [4.69, 9.17) is 0 Å². The lowest BCUT2D eigenvalue weighted by Gasteiger charge is -2.14. The first-order valence-electron chi connectivity index (χ1n) is 9.51. The van der Waals surface area contributed by atoms with Gasteiger partial charge in [0.05, 0.1) is 17.7 Å². The Labute approximate surface area is 173 Å². The molecule has 30 heavy (non-hydrogen) atoms. The Hall–Kier alpha value is -3.80. The summed E-state index contributed by atoms with van der Waals surface area (Å²) in [7, 11) is 0. The highest BCUT2D eigenvalue weighted by molar-refractivity contribution is 6.21. The van der Waals surface area contributed by atoms with E-state index >= 15 is 0 Å². The van der Waals surface area contributed by atoms with Gasteiger partial charge in [0, 0.05) is 12.1 Å². The zero-order valence-electron chi connectivity index (χ0n) is 16.3. The standard InChI is InChI=1S/C24H19FN2O3/c1-15-12-17(8-11-21(15)25)13-26-22(28)18-9-6-16(7-10-18)14-27-23(29)19-4-2-3-5-20(19)24(27)30/h2-12H,13-14H2,1H3,(H,26,28). The Bertz CT molecular complexity index is 1120. The second-order valence-corrected chi connectivity index (χ2v) is 7.21. The third kappa shape index (κ3) is 3.72. The molecule has 0 aliphatic carbocycles. The molecule has 3 amide bonds. The number of fused-ring (bicyclic) bond motifs is 1. The van der Waals surface area contributed by atoms with Crippen LogP contribution < -0.4 is 5.32 Å². The van der Waals surface area contributed by atoms with Crippen LogP contribution in [0.4, 0.5) is 4.39 Å². The topological polar surface area (TPSA) is 66.5 Å². The van der Waals surface area contributed by atoms with E-state index in [-0.39, 0.29) is 36.6 Å². The molecule has 0 bridgehead atoms. The third-order valence-electron chi connectivity index (χ3n) is 5.11. The maximum Gasteiger partial charge on any atom is 0.261 e. The van der Waals surface area contributed by atoms with Crippen LogP contribution in [0.3, 0.4) is 0 Å². The largest absolute Gasteiger partial charge is 0.348 e. The molecule has 4 rings (SSSR count). The Balaban J connectivity index is 1.39. The van der Waals surface area contributed by atoms with Crippen LogP contribution in [0.25, 0.3) is 0 Å². The second kappa shape index (κ2) is 7.91. The van der Waals surface area contributed by atoms with Gasteiger partial charge >= 0.3 is 0 Å². The van der Waals surface area contributed by atoms with Crippen LogP contribution >= 0.6 is 0 Å². The van der Waals surface area contributed by atoms with Crippen LogP contribution in [0.5, 0.6) is 0 Å². The number of aryl methyl sites for hydroxylation is 1. The molecule has 5 nitrogen and oxygen atoms in total. The molecule has 3 aromatic carbocycles. The van der Waals surface area contributed by atoms with Crippen molar-refractivity contribution in [3.05, 3.63) is 106 Å². The average molecular weight is 402 g/mol. The minimum absolute atomic E-state index is 0.142. The van der Waals surface area contributed by atoms with Crippen molar-refractivity contribution in [2.24, 2.45) is 0 Å². The lowest BCUT2D eigenvalue weighted by molar-refractivity contribution is 0.0641. The molecule has 3 aromatic rings. The van der Waals surface area contributed by atoms with Gasteiger partial charge in [-0.3, -0.25) is 19.3 Å². The van der Waals surface area contributed by atoms with E-state index in [2.05, 4.69) is 5.32 Å². The molecule has 1 heterocycles. The fourth-order valence-electron chi connectivity index (χ4n) is 3.43. The molecule has 1 aliphatic heterocycles. The number of benzene rings is 3. The summed E-state index contributed by atoms with van der Waals surface area (Å²) in [5.74, 6) is -1.16. The molecule has 0 aromatic heterocycles. The van der Waals surface area contributed by atoms with Gasteiger partial charge in [-0.2, -0.15) is 0 Å². The van der Waals surface area contributed by atoms with E-state index in [1.54, 1.807) is 67.6 Å². The number of hydrogen-bond donors (Lipinski definition) is 1. The van der Waals surface area contributed by atoms with E-state index in [0.717, 1.165) is 11.1 Å². The smallest absolute Gasteiger partial charge is 0.261 e. The normalized spacial score (nSPS) is 12.8. The first-order chi connectivity index (χ1) is 14.4. The summed E-state index contributed by atoms with van der Waals surface area (Å²) in [4.78, 5) is 38.5. The second-order valence-electron chi connectivity index (χ2n) is 7.21. The van der Waals surface area contributed by atoms with Crippen LogP contribution in [0.1, 0.15) is 47.8 Å². The molecule has 1 aliphatic rings. The Morgan fingerprint density at radius 2 is 1.50 bits per heavy atom. The minimum atomic E-state index is -0.313. The van der Waals surface area contributed by atoms with Gasteiger partial charge in [0.2, 0.25) is 0 Å². The summed E-state index contributed by atoms with van der Waals surface area (Å²) in [5, 5.41) is 2.80. The van der Waals surface area contributed by atoms with E-state index in [9.17, 15) is 18.8 Å². The lowest BCUT2D eigenvalue weighted by Crippen LogP contribution is -2.29. The molecule has 6 heteroatoms. The maximum absolute atomic E-state index is 13.3. The van der Waals surface area contributed by atoms with Crippen LogP contribution in [-0.2, 0) is 13.1 Å². The zero-order chi connectivity index (χ0) is 21.3. The van der Waals surface area contributed by atoms with Crippen molar-refractivity contribution in [1.29, 1.82) is 0 Å². The molecule has 1 N–H and O–H groups in total. The van der Waals surface area contributed by atoms with Crippen molar-refractivity contribution in [3.63, 3.8) is 0 Å². The summed E-state index contributed by atoms with van der Waals surface area (Å²) < 4.78 is 13.3. The van der Waals surface area contributed by atoms with Crippen molar-refractivity contribution in [2.45, 2.75) is 20.0 Å². The van der Waals surface area contributed by atoms with Gasteiger partial charge in [0.25, 0.3) is 17.7 Å². The number of rotatable bonds is 5. The fraction of sp³-hybridized carbons (Fsp3) is 0.125. The van der Waals surface area contributed by atoms with Gasteiger partial charge in [-0.15, -0.1) is 0 Å². The van der Waals surface area contributed by atoms with Crippen molar-refractivity contribution in [1.82, 2.24) is 10.2 Å². The highest BCUT2D eigenvalue weighted by Crippen LogP contribution is 2.24. The lowest BCUT2D eigenvalue weighted by atomic mass is 10.1. The highest BCUT2D eigenvalue weighted by Gasteiger charge is 2.34. The number of imide groups is 1. The molecule has 0 fully saturated rings. The number of nitrogens with zero attached hydrogens (tertiary/aromatic N) is 1. The quantitative estimate of drug-likeness (QED) is 0.659. The van der Waals surface area contributed by atoms with E-state index < -0.39 is 0 Å². The molecule has 0 unspecified atom stereocenters. The number of nitrogens with one attached hydrogen (secondary N) is 1. The van der Waals surface area contributed by atoms with Crippen molar-refractivity contribution in [3.8, 4) is 0 Å². The number of amides is 3. The molecular weight excluding hydrogens is 383 g/mol. The monoisotopic (exact) mass is 402 g/mol. The summed E-state index contributed by atoms with van der Waals surface area (Å²) >= 11 is 0. The highest BCUT2D eigenvalue weighted by atomic mass is 19.1. The third-order valence-corrected chi connectivity index (χ3v) is 5.11. The molecule has 0 atom stereocenters. The van der Waals surface area contributed by atoms with Gasteiger partial charge < -0.3 is 5.32 Å². The summed E-state index contributed by atoms with van der Waals surface area (Å²) in [6.45, 7) is 2.10. The molecule has 0 spiro atoms. The van der Waals surface area contributed by atoms with E-state index in [1.165, 1.54) is 11.0 Å². The molecule has 0 saturated heterocycles. The van der Waals surface area contributed by atoms with Gasteiger partial charge in [-0.1, -0.05) is 36.4 Å². The SMILES string of the molecule is Cc1cc(CNC(=O)c2ccc(CN3C(=O)c4ccccc4C3=O)cc2)ccc1F. The zero-order valence-corrected chi connectivity index (χ0v) is 16.3. The van der Waals surface area contributed by atoms with E-state index in [1.807, 2.05) is 0 Å². The maximum atomic E-state index is 13.3. The van der Waals surface area contributed by atoms with Gasteiger partial charge in [0.1, 0.15) is 5.82 Å². The Morgan fingerprint density at radius 3 is 2.10 bits per heavy atom. The van der Waals surface area contributed by atoms with Crippen LogP contribution in [0, 0.1) is 12.7 Å². The van der Waals surface area contributed by atoms with Gasteiger partial charge in [0.15, 0.2) is 0 Å². The van der Waals surface area contributed by atoms with Crippen molar-refractivity contribution < 1.29 is 18.8 Å². The molecule has 150 valence electrons.